The van der Waals surface area contributed by atoms with Crippen LogP contribution in [0.2, 0.25) is 5.02 Å². The van der Waals surface area contributed by atoms with Crippen molar-refractivity contribution in [1.29, 1.82) is 0 Å². The molecular weight excluding hydrogens is 454 g/mol. The Kier molecular flexibility index (Phi) is 5.49. The van der Waals surface area contributed by atoms with Crippen LogP contribution in [0.3, 0.4) is 0 Å². The molecule has 0 bridgehead atoms. The summed E-state index contributed by atoms with van der Waals surface area (Å²) in [6.07, 6.45) is 3.17. The third kappa shape index (κ3) is 3.93. The number of nitrogens with zero attached hydrogens (tertiary/aromatic N) is 3. The zero-order valence-corrected chi connectivity index (χ0v) is 21.2. The Labute approximate surface area is 202 Å². The fourth-order valence-corrected chi connectivity index (χ4v) is 6.52. The molecular formula is C26H28ClN3O2S. The number of thiophene rings is 1. The second-order valence-corrected chi connectivity index (χ2v) is 11.7. The molecule has 1 aromatic carbocycles. The van der Waals surface area contributed by atoms with Gasteiger partial charge in [-0.2, -0.15) is 4.98 Å². The van der Waals surface area contributed by atoms with Crippen molar-refractivity contribution in [2.24, 2.45) is 11.3 Å². The topological polar surface area (TPSA) is 60.9 Å². The molecule has 1 aliphatic carbocycles. The summed E-state index contributed by atoms with van der Waals surface area (Å²) in [7, 11) is 0. The number of benzene rings is 1. The number of fused-ring (bicyclic) bond motifs is 3. The minimum Gasteiger partial charge on any atom is -0.361 e. The van der Waals surface area contributed by atoms with Crippen LogP contribution in [0.4, 0.5) is 0 Å². The van der Waals surface area contributed by atoms with Crippen LogP contribution in [0.5, 0.6) is 0 Å². The fourth-order valence-electron chi connectivity index (χ4n) is 4.91. The van der Waals surface area contributed by atoms with Gasteiger partial charge in [0.15, 0.2) is 0 Å². The number of hydrogen-bond donors (Lipinski definition) is 0. The van der Waals surface area contributed by atoms with Crippen molar-refractivity contribution in [3.63, 3.8) is 0 Å². The lowest BCUT2D eigenvalue weighted by molar-refractivity contribution is 0.218. The Morgan fingerprint density at radius 1 is 1.27 bits per heavy atom. The summed E-state index contributed by atoms with van der Waals surface area (Å²) in [5.41, 5.74) is 4.69. The van der Waals surface area contributed by atoms with E-state index in [-0.39, 0.29) is 11.1 Å². The van der Waals surface area contributed by atoms with Crippen molar-refractivity contribution in [2.75, 3.05) is 0 Å². The van der Waals surface area contributed by atoms with Gasteiger partial charge >= 0.3 is 5.69 Å². The summed E-state index contributed by atoms with van der Waals surface area (Å²) in [5.74, 6) is 1.35. The minimum absolute atomic E-state index is 0.248. The van der Waals surface area contributed by atoms with Gasteiger partial charge in [0.2, 0.25) is 0 Å². The Bertz CT molecular complexity index is 1400. The highest BCUT2D eigenvalue weighted by atomic mass is 35.5. The fraction of sp³-hybridized carbons (Fsp3) is 0.423. The predicted molar refractivity (Wildman–Crippen MR) is 134 cm³/mol. The summed E-state index contributed by atoms with van der Waals surface area (Å²) in [4.78, 5) is 20.3. The van der Waals surface area contributed by atoms with Crippen molar-refractivity contribution < 1.29 is 4.52 Å². The van der Waals surface area contributed by atoms with Crippen LogP contribution < -0.4 is 5.69 Å². The second-order valence-electron chi connectivity index (χ2n) is 10.1. The van der Waals surface area contributed by atoms with E-state index in [2.05, 4.69) is 30.9 Å². The SMILES string of the molecule is Cc1noc(C)c1Cn1c(=O)nc(-c2cccc(Cl)c2)c2c3c(sc21)CC(C(C)(C)C)CC3. The normalized spacial score (nSPS) is 16.4. The highest BCUT2D eigenvalue weighted by molar-refractivity contribution is 7.19. The highest BCUT2D eigenvalue weighted by Gasteiger charge is 2.32. The maximum atomic E-state index is 13.4. The van der Waals surface area contributed by atoms with Crippen LogP contribution in [-0.4, -0.2) is 14.7 Å². The molecule has 5 nitrogen and oxygen atoms in total. The molecule has 0 saturated carbocycles. The van der Waals surface area contributed by atoms with Gasteiger partial charge in [-0.3, -0.25) is 4.57 Å². The van der Waals surface area contributed by atoms with E-state index in [1.807, 2.05) is 38.1 Å². The van der Waals surface area contributed by atoms with Gasteiger partial charge in [-0.1, -0.05) is 49.7 Å². The molecule has 33 heavy (non-hydrogen) atoms. The molecule has 0 saturated heterocycles. The Hall–Kier alpha value is -2.44. The molecule has 1 unspecified atom stereocenters. The highest BCUT2D eigenvalue weighted by Crippen LogP contribution is 2.45. The first-order valence-corrected chi connectivity index (χ1v) is 12.6. The number of aromatic nitrogens is 3. The molecule has 0 aliphatic heterocycles. The second kappa shape index (κ2) is 8.10. The largest absolute Gasteiger partial charge is 0.361 e. The van der Waals surface area contributed by atoms with Crippen LogP contribution in [0.25, 0.3) is 21.5 Å². The van der Waals surface area contributed by atoms with E-state index in [4.69, 9.17) is 16.1 Å². The molecule has 0 radical (unpaired) electrons. The smallest absolute Gasteiger partial charge is 0.349 e. The Morgan fingerprint density at radius 3 is 2.73 bits per heavy atom. The van der Waals surface area contributed by atoms with E-state index in [0.29, 0.717) is 17.5 Å². The van der Waals surface area contributed by atoms with Gasteiger partial charge in [-0.15, -0.1) is 11.3 Å². The Morgan fingerprint density at radius 2 is 2.06 bits per heavy atom. The summed E-state index contributed by atoms with van der Waals surface area (Å²) in [5, 5.41) is 5.81. The van der Waals surface area contributed by atoms with Crippen molar-refractivity contribution in [1.82, 2.24) is 14.7 Å². The first-order chi connectivity index (χ1) is 15.6. The van der Waals surface area contributed by atoms with E-state index in [0.717, 1.165) is 57.8 Å². The monoisotopic (exact) mass is 481 g/mol. The molecule has 7 heteroatoms. The van der Waals surface area contributed by atoms with Gasteiger partial charge in [0.25, 0.3) is 0 Å². The number of aryl methyl sites for hydroxylation is 3. The number of rotatable bonds is 3. The molecule has 1 atom stereocenters. The summed E-state index contributed by atoms with van der Waals surface area (Å²) in [6.45, 7) is 11.2. The lowest BCUT2D eigenvalue weighted by Crippen LogP contribution is -2.26. The maximum Gasteiger partial charge on any atom is 0.349 e. The predicted octanol–water partition coefficient (Wildman–Crippen LogP) is 6.58. The van der Waals surface area contributed by atoms with Gasteiger partial charge in [0.05, 0.1) is 17.9 Å². The van der Waals surface area contributed by atoms with Crippen LogP contribution in [0.1, 0.15) is 54.7 Å². The van der Waals surface area contributed by atoms with Crippen LogP contribution in [0, 0.1) is 25.2 Å². The standard InChI is InChI=1S/C26H28ClN3O2S/c1-14-20(15(2)32-29-14)13-30-24-22(19-10-9-17(26(3,4)5)12-21(19)33-24)23(28-25(30)31)16-7-6-8-18(27)11-16/h6-8,11,17H,9-10,12-13H2,1-5H3. The van der Waals surface area contributed by atoms with Crippen LogP contribution in [-0.2, 0) is 19.4 Å². The maximum absolute atomic E-state index is 13.4. The lowest BCUT2D eigenvalue weighted by atomic mass is 9.72. The molecule has 4 aromatic rings. The average Bonchev–Trinajstić information content (AvgIpc) is 3.29. The minimum atomic E-state index is -0.261. The number of halogens is 1. The summed E-state index contributed by atoms with van der Waals surface area (Å²) >= 11 is 8.05. The van der Waals surface area contributed by atoms with Gasteiger partial charge in [-0.25, -0.2) is 4.79 Å². The molecule has 0 fully saturated rings. The average molecular weight is 482 g/mol. The molecule has 5 rings (SSSR count). The van der Waals surface area contributed by atoms with Gasteiger partial charge in [0, 0.05) is 26.4 Å². The van der Waals surface area contributed by atoms with Gasteiger partial charge in [-0.05, 0) is 62.1 Å². The molecule has 172 valence electrons. The lowest BCUT2D eigenvalue weighted by Gasteiger charge is -2.33. The zero-order valence-electron chi connectivity index (χ0n) is 19.7. The van der Waals surface area contributed by atoms with Gasteiger partial charge < -0.3 is 4.52 Å². The molecule has 3 aromatic heterocycles. The van der Waals surface area contributed by atoms with E-state index in [9.17, 15) is 4.79 Å². The van der Waals surface area contributed by atoms with E-state index < -0.39 is 0 Å². The molecule has 1 aliphatic rings. The van der Waals surface area contributed by atoms with Crippen LogP contribution in [0.15, 0.2) is 33.6 Å². The first kappa shape index (κ1) is 22.4. The number of hydrogen-bond acceptors (Lipinski definition) is 5. The first-order valence-electron chi connectivity index (χ1n) is 11.4. The molecule has 0 amide bonds. The van der Waals surface area contributed by atoms with E-state index in [1.54, 1.807) is 15.9 Å². The van der Waals surface area contributed by atoms with Crippen molar-refractivity contribution in [3.8, 4) is 11.3 Å². The van der Waals surface area contributed by atoms with Crippen molar-refractivity contribution in [3.05, 3.63) is 67.2 Å². The Balaban J connectivity index is 1.76. The summed E-state index contributed by atoms with van der Waals surface area (Å²) in [6, 6.07) is 7.63. The van der Waals surface area contributed by atoms with E-state index >= 15 is 0 Å². The third-order valence-corrected chi connectivity index (χ3v) is 8.50. The van der Waals surface area contributed by atoms with Crippen LogP contribution >= 0.6 is 22.9 Å². The molecule has 0 N–H and O–H groups in total. The van der Waals surface area contributed by atoms with Gasteiger partial charge in [0.1, 0.15) is 10.6 Å². The summed E-state index contributed by atoms with van der Waals surface area (Å²) < 4.78 is 7.16. The van der Waals surface area contributed by atoms with Crippen molar-refractivity contribution >= 4 is 33.2 Å². The quantitative estimate of drug-likeness (QED) is 0.331. The molecule has 3 heterocycles. The van der Waals surface area contributed by atoms with Crippen molar-refractivity contribution in [2.45, 2.75) is 60.4 Å². The zero-order chi connectivity index (χ0) is 23.5. The third-order valence-electron chi connectivity index (χ3n) is 6.99. The molecule has 0 spiro atoms. The van der Waals surface area contributed by atoms with E-state index in [1.165, 1.54) is 10.4 Å².